The number of hydrogen-bond donors (Lipinski definition) is 2. The van der Waals surface area contributed by atoms with Crippen molar-refractivity contribution in [2.24, 2.45) is 4.99 Å². The lowest BCUT2D eigenvalue weighted by atomic mass is 10.2. The molecular weight excluding hydrogens is 270 g/mol. The molecule has 104 valence electrons. The summed E-state index contributed by atoms with van der Waals surface area (Å²) in [6.45, 7) is 0. The summed E-state index contributed by atoms with van der Waals surface area (Å²) < 4.78 is 5.10. The molecule has 0 saturated heterocycles. The molecule has 21 heavy (non-hydrogen) atoms. The number of rotatable bonds is 2. The summed E-state index contributed by atoms with van der Waals surface area (Å²) in [5.74, 6) is 0.104. The van der Waals surface area contributed by atoms with Gasteiger partial charge in [-0.05, 0) is 30.3 Å². The number of nitrogens with zero attached hydrogens (tertiary/aromatic N) is 1. The van der Waals surface area contributed by atoms with Crippen molar-refractivity contribution >= 4 is 22.9 Å². The zero-order valence-corrected chi connectivity index (χ0v) is 10.9. The van der Waals surface area contributed by atoms with E-state index in [2.05, 4.69) is 4.99 Å². The van der Waals surface area contributed by atoms with E-state index in [0.29, 0.717) is 16.5 Å². The molecule has 0 spiro atoms. The van der Waals surface area contributed by atoms with E-state index in [0.717, 1.165) is 0 Å². The molecule has 2 N–H and O–H groups in total. The highest BCUT2D eigenvalue weighted by Gasteiger charge is 2.05. The van der Waals surface area contributed by atoms with Crippen molar-refractivity contribution < 1.29 is 14.6 Å². The van der Waals surface area contributed by atoms with Crippen LogP contribution >= 0.6 is 0 Å². The standard InChI is InChI=1S/C16H11NO4/c18-12-6-5-10-7-13(16(20)21-15(10)8-12)17-9-11-3-1-2-4-14(11)19/h1-9,18-19H. The monoisotopic (exact) mass is 281 g/mol. The van der Waals surface area contributed by atoms with Crippen molar-refractivity contribution in [3.63, 3.8) is 0 Å². The third-order valence-corrected chi connectivity index (χ3v) is 2.98. The minimum atomic E-state index is -0.611. The van der Waals surface area contributed by atoms with Crippen molar-refractivity contribution in [1.29, 1.82) is 0 Å². The predicted molar refractivity (Wildman–Crippen MR) is 79.5 cm³/mol. The number of phenols is 2. The van der Waals surface area contributed by atoms with E-state index in [1.807, 2.05) is 0 Å². The molecule has 0 aliphatic carbocycles. The van der Waals surface area contributed by atoms with Gasteiger partial charge in [0.25, 0.3) is 0 Å². The number of fused-ring (bicyclic) bond motifs is 1. The van der Waals surface area contributed by atoms with E-state index in [1.165, 1.54) is 24.4 Å². The Labute approximate surface area is 119 Å². The van der Waals surface area contributed by atoms with E-state index in [4.69, 9.17) is 4.42 Å². The molecule has 1 heterocycles. The Morgan fingerprint density at radius 1 is 1.05 bits per heavy atom. The summed E-state index contributed by atoms with van der Waals surface area (Å²) in [4.78, 5) is 15.9. The van der Waals surface area contributed by atoms with Crippen LogP contribution < -0.4 is 5.63 Å². The summed E-state index contributed by atoms with van der Waals surface area (Å²) in [7, 11) is 0. The van der Waals surface area contributed by atoms with Crippen molar-refractivity contribution in [3.05, 3.63) is 64.5 Å². The van der Waals surface area contributed by atoms with Gasteiger partial charge in [0.1, 0.15) is 22.8 Å². The van der Waals surface area contributed by atoms with Crippen LogP contribution in [0.25, 0.3) is 11.0 Å². The molecule has 0 aliphatic rings. The molecule has 0 aliphatic heterocycles. The summed E-state index contributed by atoms with van der Waals surface area (Å²) in [5.41, 5.74) is 0.306. The van der Waals surface area contributed by atoms with Crippen LogP contribution in [0.4, 0.5) is 5.69 Å². The van der Waals surface area contributed by atoms with Gasteiger partial charge in [0, 0.05) is 23.2 Å². The summed E-state index contributed by atoms with van der Waals surface area (Å²) in [5, 5.41) is 19.6. The lowest BCUT2D eigenvalue weighted by Crippen LogP contribution is -1.98. The van der Waals surface area contributed by atoms with Crippen LogP contribution in [0.2, 0.25) is 0 Å². The van der Waals surface area contributed by atoms with Gasteiger partial charge in [0.05, 0.1) is 0 Å². The molecule has 0 unspecified atom stereocenters. The van der Waals surface area contributed by atoms with Gasteiger partial charge in [0.2, 0.25) is 0 Å². The Morgan fingerprint density at radius 2 is 1.86 bits per heavy atom. The van der Waals surface area contributed by atoms with E-state index in [1.54, 1.807) is 30.3 Å². The quantitative estimate of drug-likeness (QED) is 0.559. The lowest BCUT2D eigenvalue weighted by Gasteiger charge is -1.99. The van der Waals surface area contributed by atoms with Crippen LogP contribution in [-0.4, -0.2) is 16.4 Å². The fourth-order valence-electron chi connectivity index (χ4n) is 1.91. The molecule has 0 atom stereocenters. The Hall–Kier alpha value is -3.08. The predicted octanol–water partition coefficient (Wildman–Crippen LogP) is 2.95. The molecule has 0 saturated carbocycles. The van der Waals surface area contributed by atoms with Gasteiger partial charge in [-0.15, -0.1) is 0 Å². The molecule has 1 aromatic heterocycles. The van der Waals surface area contributed by atoms with Crippen molar-refractivity contribution in [2.75, 3.05) is 0 Å². The lowest BCUT2D eigenvalue weighted by molar-refractivity contribution is 0.473. The van der Waals surface area contributed by atoms with Gasteiger partial charge >= 0.3 is 5.63 Å². The fourth-order valence-corrected chi connectivity index (χ4v) is 1.91. The van der Waals surface area contributed by atoms with Gasteiger partial charge in [-0.3, -0.25) is 0 Å². The second-order valence-electron chi connectivity index (χ2n) is 4.46. The Balaban J connectivity index is 2.05. The van der Waals surface area contributed by atoms with E-state index >= 15 is 0 Å². The van der Waals surface area contributed by atoms with Crippen LogP contribution in [0.3, 0.4) is 0 Å². The SMILES string of the molecule is O=c1oc2cc(O)ccc2cc1N=Cc1ccccc1O. The second kappa shape index (κ2) is 5.13. The molecule has 3 aromatic rings. The van der Waals surface area contributed by atoms with Gasteiger partial charge < -0.3 is 14.6 Å². The van der Waals surface area contributed by atoms with Gasteiger partial charge in [-0.2, -0.15) is 0 Å². The maximum absolute atomic E-state index is 11.8. The topological polar surface area (TPSA) is 83.0 Å². The maximum atomic E-state index is 11.8. The van der Waals surface area contributed by atoms with Crippen LogP contribution in [0, 0.1) is 0 Å². The third kappa shape index (κ3) is 2.62. The molecule has 0 fully saturated rings. The first-order valence-corrected chi connectivity index (χ1v) is 6.22. The number of para-hydroxylation sites is 1. The van der Waals surface area contributed by atoms with Crippen molar-refractivity contribution in [2.45, 2.75) is 0 Å². The molecule has 0 radical (unpaired) electrons. The van der Waals surface area contributed by atoms with E-state index in [9.17, 15) is 15.0 Å². The highest BCUT2D eigenvalue weighted by molar-refractivity contribution is 5.86. The average molecular weight is 281 g/mol. The first-order chi connectivity index (χ1) is 10.1. The molecule has 3 rings (SSSR count). The number of benzene rings is 2. The van der Waals surface area contributed by atoms with Crippen molar-refractivity contribution in [1.82, 2.24) is 0 Å². The molecule has 0 amide bonds. The first-order valence-electron chi connectivity index (χ1n) is 6.22. The van der Waals surface area contributed by atoms with Gasteiger partial charge in [-0.1, -0.05) is 12.1 Å². The van der Waals surface area contributed by atoms with Gasteiger partial charge in [-0.25, -0.2) is 9.79 Å². The molecule has 0 bridgehead atoms. The highest BCUT2D eigenvalue weighted by atomic mass is 16.4. The smallest absolute Gasteiger partial charge is 0.362 e. The van der Waals surface area contributed by atoms with Crippen molar-refractivity contribution in [3.8, 4) is 11.5 Å². The number of aromatic hydroxyl groups is 2. The maximum Gasteiger partial charge on any atom is 0.362 e. The second-order valence-corrected chi connectivity index (χ2v) is 4.46. The largest absolute Gasteiger partial charge is 0.508 e. The Morgan fingerprint density at radius 3 is 2.67 bits per heavy atom. The van der Waals surface area contributed by atoms with Crippen LogP contribution in [0.15, 0.2) is 62.7 Å². The van der Waals surface area contributed by atoms with E-state index < -0.39 is 5.63 Å². The fraction of sp³-hybridized carbons (Fsp3) is 0. The minimum Gasteiger partial charge on any atom is -0.508 e. The molecule has 5 heteroatoms. The first kappa shape index (κ1) is 12.9. The normalized spacial score (nSPS) is 11.2. The Bertz CT molecular complexity index is 896. The summed E-state index contributed by atoms with van der Waals surface area (Å²) in [6, 6.07) is 12.7. The Kier molecular flexibility index (Phi) is 3.16. The number of hydrogen-bond acceptors (Lipinski definition) is 5. The minimum absolute atomic E-state index is 0.0242. The zero-order valence-electron chi connectivity index (χ0n) is 10.9. The molecular formula is C16H11NO4. The summed E-state index contributed by atoms with van der Waals surface area (Å²) in [6.07, 6.45) is 1.40. The van der Waals surface area contributed by atoms with Gasteiger partial charge in [0.15, 0.2) is 0 Å². The number of aliphatic imine (C=N–C) groups is 1. The number of phenolic OH excluding ortho intramolecular Hbond substituents is 2. The highest BCUT2D eigenvalue weighted by Crippen LogP contribution is 2.22. The van der Waals surface area contributed by atoms with Crippen LogP contribution in [0.5, 0.6) is 11.5 Å². The summed E-state index contributed by atoms with van der Waals surface area (Å²) >= 11 is 0. The van der Waals surface area contributed by atoms with Crippen LogP contribution in [-0.2, 0) is 0 Å². The zero-order chi connectivity index (χ0) is 14.8. The molecule has 2 aromatic carbocycles. The third-order valence-electron chi connectivity index (χ3n) is 2.98. The average Bonchev–Trinajstić information content (AvgIpc) is 2.46. The molecule has 5 nitrogen and oxygen atoms in total. The van der Waals surface area contributed by atoms with E-state index in [-0.39, 0.29) is 17.2 Å². The van der Waals surface area contributed by atoms with Crippen LogP contribution in [0.1, 0.15) is 5.56 Å².